The van der Waals surface area contributed by atoms with Crippen molar-refractivity contribution in [2.45, 2.75) is 12.5 Å². The largest absolute Gasteiger partial charge is 0.389 e. The standard InChI is InChI=1S/C6H12OS/c1-3-6(7)4-5-8-2/h3,6-7H,1,4-5H2,2H3. The molecule has 0 spiro atoms. The van der Waals surface area contributed by atoms with Crippen LogP contribution in [-0.4, -0.2) is 23.2 Å². The molecule has 0 aliphatic rings. The third-order valence-electron chi connectivity index (χ3n) is 0.890. The van der Waals surface area contributed by atoms with Crippen molar-refractivity contribution in [1.29, 1.82) is 0 Å². The first kappa shape index (κ1) is 8.05. The molecule has 8 heavy (non-hydrogen) atoms. The highest BCUT2D eigenvalue weighted by Crippen LogP contribution is 1.99. The second-order valence-corrected chi connectivity index (χ2v) is 2.57. The van der Waals surface area contributed by atoms with Gasteiger partial charge in [-0.2, -0.15) is 11.8 Å². The summed E-state index contributed by atoms with van der Waals surface area (Å²) in [6.45, 7) is 3.45. The molecule has 0 aromatic carbocycles. The van der Waals surface area contributed by atoms with Gasteiger partial charge in [-0.05, 0) is 18.4 Å². The van der Waals surface area contributed by atoms with E-state index in [1.807, 2.05) is 6.26 Å². The Morgan fingerprint density at radius 3 is 2.88 bits per heavy atom. The Bertz CT molecular complexity index is 63.5. The molecule has 0 fully saturated rings. The van der Waals surface area contributed by atoms with Crippen molar-refractivity contribution in [3.05, 3.63) is 12.7 Å². The van der Waals surface area contributed by atoms with Crippen molar-refractivity contribution >= 4 is 11.8 Å². The monoisotopic (exact) mass is 132 g/mol. The van der Waals surface area contributed by atoms with E-state index in [0.29, 0.717) is 0 Å². The molecular weight excluding hydrogens is 120 g/mol. The molecule has 0 saturated carbocycles. The van der Waals surface area contributed by atoms with Gasteiger partial charge in [0.2, 0.25) is 0 Å². The van der Waals surface area contributed by atoms with Crippen molar-refractivity contribution in [2.75, 3.05) is 12.0 Å². The lowest BCUT2D eigenvalue weighted by molar-refractivity contribution is 0.221. The molecule has 0 rings (SSSR count). The first-order valence-electron chi connectivity index (χ1n) is 2.60. The highest BCUT2D eigenvalue weighted by Gasteiger charge is 1.93. The van der Waals surface area contributed by atoms with Crippen molar-refractivity contribution in [3.8, 4) is 0 Å². The summed E-state index contributed by atoms with van der Waals surface area (Å²) in [6, 6.07) is 0. The molecule has 1 nitrogen and oxygen atoms in total. The Balaban J connectivity index is 2.98. The fraction of sp³-hybridized carbons (Fsp3) is 0.667. The predicted octanol–water partition coefficient (Wildman–Crippen LogP) is 1.29. The normalized spacial score (nSPS) is 13.2. The highest BCUT2D eigenvalue weighted by molar-refractivity contribution is 7.98. The van der Waals surface area contributed by atoms with E-state index in [1.165, 1.54) is 0 Å². The Morgan fingerprint density at radius 1 is 1.88 bits per heavy atom. The summed E-state index contributed by atoms with van der Waals surface area (Å²) >= 11 is 1.74. The van der Waals surface area contributed by atoms with E-state index in [4.69, 9.17) is 5.11 Å². The van der Waals surface area contributed by atoms with Crippen LogP contribution in [0.15, 0.2) is 12.7 Å². The molecule has 1 unspecified atom stereocenters. The topological polar surface area (TPSA) is 20.2 Å². The van der Waals surface area contributed by atoms with Gasteiger partial charge in [-0.25, -0.2) is 0 Å². The molecule has 1 N–H and O–H groups in total. The lowest BCUT2D eigenvalue weighted by Crippen LogP contribution is -2.01. The number of aliphatic hydroxyl groups excluding tert-OH is 1. The van der Waals surface area contributed by atoms with Crippen molar-refractivity contribution in [3.63, 3.8) is 0 Å². The van der Waals surface area contributed by atoms with Crippen LogP contribution < -0.4 is 0 Å². The molecule has 0 amide bonds. The lowest BCUT2D eigenvalue weighted by atomic mass is 10.3. The summed E-state index contributed by atoms with van der Waals surface area (Å²) in [7, 11) is 0. The molecule has 2 heteroatoms. The van der Waals surface area contributed by atoms with Crippen LogP contribution in [0.4, 0.5) is 0 Å². The summed E-state index contributed by atoms with van der Waals surface area (Å²) in [4.78, 5) is 0. The molecule has 0 aromatic heterocycles. The van der Waals surface area contributed by atoms with Gasteiger partial charge >= 0.3 is 0 Å². The fourth-order valence-corrected chi connectivity index (χ4v) is 0.834. The van der Waals surface area contributed by atoms with Gasteiger partial charge in [-0.15, -0.1) is 6.58 Å². The minimum Gasteiger partial charge on any atom is -0.389 e. The summed E-state index contributed by atoms with van der Waals surface area (Å²) in [5, 5.41) is 8.86. The second kappa shape index (κ2) is 5.19. The zero-order valence-corrected chi connectivity index (χ0v) is 5.95. The van der Waals surface area contributed by atoms with Gasteiger partial charge in [0.25, 0.3) is 0 Å². The zero-order valence-electron chi connectivity index (χ0n) is 5.13. The van der Waals surface area contributed by atoms with Gasteiger partial charge in [0.15, 0.2) is 0 Å². The Morgan fingerprint density at radius 2 is 2.50 bits per heavy atom. The molecule has 0 heterocycles. The molecule has 0 bridgehead atoms. The highest BCUT2D eigenvalue weighted by atomic mass is 32.2. The van der Waals surface area contributed by atoms with Crippen molar-refractivity contribution in [2.24, 2.45) is 0 Å². The summed E-state index contributed by atoms with van der Waals surface area (Å²) in [6.07, 6.45) is 4.11. The molecule has 1 atom stereocenters. The van der Waals surface area contributed by atoms with Crippen LogP contribution in [0.3, 0.4) is 0 Å². The van der Waals surface area contributed by atoms with E-state index < -0.39 is 0 Å². The number of hydrogen-bond acceptors (Lipinski definition) is 2. The van der Waals surface area contributed by atoms with E-state index in [1.54, 1.807) is 17.8 Å². The van der Waals surface area contributed by atoms with Crippen molar-refractivity contribution < 1.29 is 5.11 Å². The van der Waals surface area contributed by atoms with Gasteiger partial charge in [-0.1, -0.05) is 6.08 Å². The van der Waals surface area contributed by atoms with E-state index in [0.717, 1.165) is 12.2 Å². The first-order chi connectivity index (χ1) is 3.81. The van der Waals surface area contributed by atoms with Gasteiger partial charge in [0.1, 0.15) is 0 Å². The van der Waals surface area contributed by atoms with Crippen LogP contribution in [0.1, 0.15) is 6.42 Å². The van der Waals surface area contributed by atoms with Gasteiger partial charge in [0, 0.05) is 0 Å². The molecule has 0 aliphatic heterocycles. The Kier molecular flexibility index (Phi) is 5.22. The maximum absolute atomic E-state index is 8.86. The number of thioether (sulfide) groups is 1. The average molecular weight is 132 g/mol. The minimum absolute atomic E-state index is 0.303. The van der Waals surface area contributed by atoms with E-state index in [2.05, 4.69) is 6.58 Å². The fourth-order valence-electron chi connectivity index (χ4n) is 0.356. The van der Waals surface area contributed by atoms with Gasteiger partial charge in [-0.3, -0.25) is 0 Å². The van der Waals surface area contributed by atoms with Crippen LogP contribution >= 0.6 is 11.8 Å². The number of rotatable bonds is 4. The third kappa shape index (κ3) is 4.22. The Labute approximate surface area is 54.8 Å². The SMILES string of the molecule is C=CC(O)CCSC. The molecule has 48 valence electrons. The predicted molar refractivity (Wildman–Crippen MR) is 39.2 cm³/mol. The second-order valence-electron chi connectivity index (χ2n) is 1.58. The van der Waals surface area contributed by atoms with Crippen LogP contribution in [0.2, 0.25) is 0 Å². The maximum Gasteiger partial charge on any atom is 0.0726 e. The average Bonchev–Trinajstić information content (AvgIpc) is 1.83. The maximum atomic E-state index is 8.86. The number of hydrogen-bond donors (Lipinski definition) is 1. The smallest absolute Gasteiger partial charge is 0.0726 e. The van der Waals surface area contributed by atoms with Crippen molar-refractivity contribution in [1.82, 2.24) is 0 Å². The van der Waals surface area contributed by atoms with E-state index in [9.17, 15) is 0 Å². The van der Waals surface area contributed by atoms with Crippen LogP contribution in [0.25, 0.3) is 0 Å². The molecule has 0 saturated heterocycles. The lowest BCUT2D eigenvalue weighted by Gasteiger charge is -2.00. The minimum atomic E-state index is -0.303. The Hall–Kier alpha value is 0.0500. The summed E-state index contributed by atoms with van der Waals surface area (Å²) < 4.78 is 0. The van der Waals surface area contributed by atoms with E-state index >= 15 is 0 Å². The molecule has 0 aliphatic carbocycles. The first-order valence-corrected chi connectivity index (χ1v) is 4.00. The summed E-state index contributed by atoms with van der Waals surface area (Å²) in [5.41, 5.74) is 0. The number of aliphatic hydroxyl groups is 1. The molecular formula is C6H12OS. The quantitative estimate of drug-likeness (QED) is 0.582. The van der Waals surface area contributed by atoms with Gasteiger partial charge in [0.05, 0.1) is 6.10 Å². The molecule has 0 aromatic rings. The zero-order chi connectivity index (χ0) is 6.41. The van der Waals surface area contributed by atoms with Crippen LogP contribution in [0, 0.1) is 0 Å². The summed E-state index contributed by atoms with van der Waals surface area (Å²) in [5.74, 6) is 1.01. The van der Waals surface area contributed by atoms with Crippen LogP contribution in [0.5, 0.6) is 0 Å². The third-order valence-corrected chi connectivity index (χ3v) is 1.53. The van der Waals surface area contributed by atoms with E-state index in [-0.39, 0.29) is 6.10 Å². The molecule has 0 radical (unpaired) electrons. The van der Waals surface area contributed by atoms with Crippen LogP contribution in [-0.2, 0) is 0 Å². The van der Waals surface area contributed by atoms with Gasteiger partial charge < -0.3 is 5.11 Å².